The second-order valence-electron chi connectivity index (χ2n) is 4.64. The van der Waals surface area contributed by atoms with Crippen molar-refractivity contribution < 1.29 is 0 Å². The number of nitriles is 2. The molecule has 1 atom stereocenters. The zero-order chi connectivity index (χ0) is 13.8. The first kappa shape index (κ1) is 12.9. The number of rotatable bonds is 2. The van der Waals surface area contributed by atoms with E-state index in [4.69, 9.17) is 5.26 Å². The Hall–Kier alpha value is -2.58. The van der Waals surface area contributed by atoms with E-state index >= 15 is 0 Å². The van der Waals surface area contributed by atoms with E-state index in [0.29, 0.717) is 5.56 Å². The lowest BCUT2D eigenvalue weighted by atomic mass is 9.90. The van der Waals surface area contributed by atoms with Gasteiger partial charge in [-0.15, -0.1) is 0 Å². The summed E-state index contributed by atoms with van der Waals surface area (Å²) < 4.78 is 0. The van der Waals surface area contributed by atoms with Crippen molar-refractivity contribution in [3.05, 3.63) is 70.3 Å². The molecule has 0 heterocycles. The monoisotopic (exact) mass is 246 g/mol. The van der Waals surface area contributed by atoms with Crippen LogP contribution >= 0.6 is 0 Å². The minimum atomic E-state index is -0.285. The fraction of sp³-hybridized carbons (Fsp3) is 0.176. The highest BCUT2D eigenvalue weighted by molar-refractivity contribution is 5.43. The molecule has 0 N–H and O–H groups in total. The predicted octanol–water partition coefficient (Wildman–Crippen LogP) is 3.83. The summed E-state index contributed by atoms with van der Waals surface area (Å²) in [4.78, 5) is 0. The van der Waals surface area contributed by atoms with Crippen molar-refractivity contribution in [2.24, 2.45) is 0 Å². The highest BCUT2D eigenvalue weighted by Gasteiger charge is 2.13. The summed E-state index contributed by atoms with van der Waals surface area (Å²) >= 11 is 0. The smallest absolute Gasteiger partial charge is 0.0991 e. The Morgan fingerprint density at radius 3 is 2.00 bits per heavy atom. The van der Waals surface area contributed by atoms with E-state index in [1.165, 1.54) is 11.1 Å². The maximum absolute atomic E-state index is 9.40. The SMILES string of the molecule is Cc1ccc(C(C#N)c2ccc(C#N)cc2)cc1C. The average molecular weight is 246 g/mol. The van der Waals surface area contributed by atoms with E-state index in [0.717, 1.165) is 11.1 Å². The molecule has 0 aromatic heterocycles. The Bertz CT molecular complexity index is 670. The molecule has 0 aliphatic rings. The standard InChI is InChI=1S/C17H14N2/c1-12-3-6-16(9-13(12)2)17(11-19)15-7-4-14(10-18)5-8-15/h3-9,17H,1-2H3. The van der Waals surface area contributed by atoms with Crippen LogP contribution in [0.3, 0.4) is 0 Å². The normalized spacial score (nSPS) is 11.4. The largest absolute Gasteiger partial charge is 0.197 e. The van der Waals surface area contributed by atoms with Crippen LogP contribution in [0.1, 0.15) is 33.7 Å². The molecule has 0 amide bonds. The molecule has 0 bridgehead atoms. The van der Waals surface area contributed by atoms with Gasteiger partial charge < -0.3 is 0 Å². The lowest BCUT2D eigenvalue weighted by Crippen LogP contribution is -1.99. The number of hydrogen-bond acceptors (Lipinski definition) is 2. The second kappa shape index (κ2) is 5.38. The number of nitrogens with zero attached hydrogens (tertiary/aromatic N) is 2. The average Bonchev–Trinajstić information content (AvgIpc) is 2.44. The summed E-state index contributed by atoms with van der Waals surface area (Å²) in [7, 11) is 0. The van der Waals surface area contributed by atoms with Gasteiger partial charge in [-0.3, -0.25) is 0 Å². The van der Waals surface area contributed by atoms with Gasteiger partial charge in [0.15, 0.2) is 0 Å². The fourth-order valence-electron chi connectivity index (χ4n) is 2.04. The third-order valence-electron chi connectivity index (χ3n) is 3.37. The van der Waals surface area contributed by atoms with Crippen molar-refractivity contribution in [2.75, 3.05) is 0 Å². The van der Waals surface area contributed by atoms with E-state index in [1.54, 1.807) is 12.1 Å². The molecule has 0 saturated heterocycles. The van der Waals surface area contributed by atoms with Crippen LogP contribution in [-0.4, -0.2) is 0 Å². The molecule has 0 spiro atoms. The van der Waals surface area contributed by atoms with Gasteiger partial charge in [-0.1, -0.05) is 30.3 Å². The third kappa shape index (κ3) is 2.64. The van der Waals surface area contributed by atoms with Crippen molar-refractivity contribution >= 4 is 0 Å². The van der Waals surface area contributed by atoms with Gasteiger partial charge in [0.25, 0.3) is 0 Å². The van der Waals surface area contributed by atoms with Crippen molar-refractivity contribution in [3.8, 4) is 12.1 Å². The number of hydrogen-bond donors (Lipinski definition) is 0. The summed E-state index contributed by atoms with van der Waals surface area (Å²) in [5, 5.41) is 18.2. The van der Waals surface area contributed by atoms with Crippen LogP contribution in [-0.2, 0) is 0 Å². The summed E-state index contributed by atoms with van der Waals surface area (Å²) in [5.41, 5.74) is 4.94. The topological polar surface area (TPSA) is 47.6 Å². The molecule has 0 fully saturated rings. The van der Waals surface area contributed by atoms with Crippen molar-refractivity contribution in [3.63, 3.8) is 0 Å². The molecule has 2 heteroatoms. The molecule has 2 aromatic rings. The maximum Gasteiger partial charge on any atom is 0.0991 e. The van der Waals surface area contributed by atoms with Gasteiger partial charge in [0.1, 0.15) is 0 Å². The van der Waals surface area contributed by atoms with Gasteiger partial charge in [0.05, 0.1) is 23.6 Å². The minimum Gasteiger partial charge on any atom is -0.197 e. The van der Waals surface area contributed by atoms with E-state index in [1.807, 2.05) is 31.2 Å². The lowest BCUT2D eigenvalue weighted by Gasteiger charge is -2.12. The number of aryl methyl sites for hydroxylation is 2. The summed E-state index contributed by atoms with van der Waals surface area (Å²) in [6, 6.07) is 17.7. The molecule has 2 rings (SSSR count). The zero-order valence-electron chi connectivity index (χ0n) is 11.0. The Kier molecular flexibility index (Phi) is 3.64. The van der Waals surface area contributed by atoms with Gasteiger partial charge in [-0.25, -0.2) is 0 Å². The van der Waals surface area contributed by atoms with Crippen molar-refractivity contribution in [1.29, 1.82) is 10.5 Å². The first-order chi connectivity index (χ1) is 9.15. The summed E-state index contributed by atoms with van der Waals surface area (Å²) in [5.74, 6) is -0.285. The Morgan fingerprint density at radius 2 is 1.47 bits per heavy atom. The molecule has 2 nitrogen and oxygen atoms in total. The highest BCUT2D eigenvalue weighted by Crippen LogP contribution is 2.25. The van der Waals surface area contributed by atoms with Crippen LogP contribution in [0.25, 0.3) is 0 Å². The highest BCUT2D eigenvalue weighted by atomic mass is 14.3. The van der Waals surface area contributed by atoms with Crippen molar-refractivity contribution in [1.82, 2.24) is 0 Å². The summed E-state index contributed by atoms with van der Waals surface area (Å²) in [6.45, 7) is 4.11. The van der Waals surface area contributed by atoms with Gasteiger partial charge in [-0.2, -0.15) is 10.5 Å². The quantitative estimate of drug-likeness (QED) is 0.808. The minimum absolute atomic E-state index is 0.285. The van der Waals surface area contributed by atoms with E-state index in [-0.39, 0.29) is 5.92 Å². The maximum atomic E-state index is 9.40. The van der Waals surface area contributed by atoms with Crippen LogP contribution in [0.5, 0.6) is 0 Å². The molecule has 0 aliphatic carbocycles. The van der Waals surface area contributed by atoms with Gasteiger partial charge >= 0.3 is 0 Å². The Balaban J connectivity index is 2.41. The van der Waals surface area contributed by atoms with E-state index in [2.05, 4.69) is 25.1 Å². The second-order valence-corrected chi connectivity index (χ2v) is 4.64. The molecular weight excluding hydrogens is 232 g/mol. The zero-order valence-corrected chi connectivity index (χ0v) is 11.0. The van der Waals surface area contributed by atoms with E-state index < -0.39 is 0 Å². The summed E-state index contributed by atoms with van der Waals surface area (Å²) in [6.07, 6.45) is 0. The van der Waals surface area contributed by atoms with E-state index in [9.17, 15) is 5.26 Å². The molecule has 19 heavy (non-hydrogen) atoms. The van der Waals surface area contributed by atoms with Crippen LogP contribution in [0.2, 0.25) is 0 Å². The molecule has 0 saturated carbocycles. The van der Waals surface area contributed by atoms with Crippen LogP contribution in [0.4, 0.5) is 0 Å². The van der Waals surface area contributed by atoms with Gasteiger partial charge in [0.2, 0.25) is 0 Å². The molecule has 0 radical (unpaired) electrons. The number of benzene rings is 2. The van der Waals surface area contributed by atoms with Crippen LogP contribution < -0.4 is 0 Å². The van der Waals surface area contributed by atoms with Gasteiger partial charge in [0, 0.05) is 0 Å². The van der Waals surface area contributed by atoms with Crippen LogP contribution in [0.15, 0.2) is 42.5 Å². The molecule has 92 valence electrons. The molecule has 0 aliphatic heterocycles. The Labute approximate surface area is 113 Å². The third-order valence-corrected chi connectivity index (χ3v) is 3.37. The lowest BCUT2D eigenvalue weighted by molar-refractivity contribution is 1.03. The fourth-order valence-corrected chi connectivity index (χ4v) is 2.04. The van der Waals surface area contributed by atoms with Crippen LogP contribution in [0, 0.1) is 36.5 Å². The molecule has 2 aromatic carbocycles. The van der Waals surface area contributed by atoms with Crippen molar-refractivity contribution in [2.45, 2.75) is 19.8 Å². The van der Waals surface area contributed by atoms with Gasteiger partial charge in [-0.05, 0) is 48.2 Å². The molecule has 1 unspecified atom stereocenters. The first-order valence-corrected chi connectivity index (χ1v) is 6.12. The predicted molar refractivity (Wildman–Crippen MR) is 74.5 cm³/mol. The Morgan fingerprint density at radius 1 is 0.842 bits per heavy atom. The first-order valence-electron chi connectivity index (χ1n) is 6.12. The molecular formula is C17H14N2.